The first-order valence-corrected chi connectivity index (χ1v) is 7.87. The minimum atomic E-state index is -0.150. The second-order valence-electron chi connectivity index (χ2n) is 5.69. The van der Waals surface area contributed by atoms with Crippen LogP contribution in [0.4, 0.5) is 0 Å². The molecule has 1 aliphatic rings. The van der Waals surface area contributed by atoms with E-state index in [2.05, 4.69) is 10.1 Å². The van der Waals surface area contributed by atoms with Gasteiger partial charge in [-0.1, -0.05) is 11.6 Å². The van der Waals surface area contributed by atoms with E-state index in [-0.39, 0.29) is 17.7 Å². The van der Waals surface area contributed by atoms with Gasteiger partial charge in [-0.25, -0.2) is 4.98 Å². The zero-order valence-corrected chi connectivity index (χ0v) is 13.5. The molecule has 0 saturated carbocycles. The van der Waals surface area contributed by atoms with Crippen molar-refractivity contribution >= 4 is 23.3 Å². The third kappa shape index (κ3) is 3.42. The number of Topliss-reactive ketones (excluding diaryl/α,β-unsaturated/α-hetero) is 1. The summed E-state index contributed by atoms with van der Waals surface area (Å²) in [6.07, 6.45) is 6.75. The largest absolute Gasteiger partial charge is 0.334 e. The molecule has 1 fully saturated rings. The fourth-order valence-electron chi connectivity index (χ4n) is 2.86. The zero-order chi connectivity index (χ0) is 16.4. The highest BCUT2D eigenvalue weighted by Gasteiger charge is 2.31. The molecule has 3 rings (SSSR count). The summed E-state index contributed by atoms with van der Waals surface area (Å²) in [6.45, 7) is 0.647. The Morgan fingerprint density at radius 2 is 2.17 bits per heavy atom. The molecule has 0 bridgehead atoms. The smallest absolute Gasteiger partial charge is 0.272 e. The third-order valence-corrected chi connectivity index (χ3v) is 4.26. The summed E-state index contributed by atoms with van der Waals surface area (Å²) in [5, 5.41) is 4.51. The van der Waals surface area contributed by atoms with Crippen molar-refractivity contribution in [1.29, 1.82) is 0 Å². The number of nitrogens with zero attached hydrogens (tertiary/aromatic N) is 4. The van der Waals surface area contributed by atoms with Crippen molar-refractivity contribution in [3.63, 3.8) is 0 Å². The molecule has 0 N–H and O–H groups in total. The first-order chi connectivity index (χ1) is 11.0. The van der Waals surface area contributed by atoms with Gasteiger partial charge in [-0.3, -0.25) is 14.3 Å². The first kappa shape index (κ1) is 15.7. The summed E-state index contributed by atoms with van der Waals surface area (Å²) in [5.74, 6) is -0.144. The molecule has 3 heterocycles. The number of rotatable bonds is 4. The number of halogens is 1. The lowest BCUT2D eigenvalue weighted by molar-refractivity contribution is 0.0711. The Morgan fingerprint density at radius 3 is 2.83 bits per heavy atom. The molecule has 7 heteroatoms. The van der Waals surface area contributed by atoms with Crippen molar-refractivity contribution in [3.05, 3.63) is 47.0 Å². The Kier molecular flexibility index (Phi) is 4.43. The number of carbonyl (C=O) groups excluding carboxylic acids is 2. The Labute approximate surface area is 139 Å². The van der Waals surface area contributed by atoms with Crippen LogP contribution in [0.25, 0.3) is 0 Å². The summed E-state index contributed by atoms with van der Waals surface area (Å²) >= 11 is 5.80. The lowest BCUT2D eigenvalue weighted by Crippen LogP contribution is -2.37. The van der Waals surface area contributed by atoms with E-state index in [9.17, 15) is 9.59 Å². The number of ketones is 1. The standard InChI is InChI=1S/C16H17ClN4O2/c1-20-10-11(8-19-20)15(22)7-13-3-2-6-21(13)16(23)14-5-4-12(17)9-18-14/h4-5,8-10,13H,2-3,6-7H2,1H3/t13-/m0/s1. The summed E-state index contributed by atoms with van der Waals surface area (Å²) in [5.41, 5.74) is 0.937. The Balaban J connectivity index is 1.71. The van der Waals surface area contributed by atoms with Crippen molar-refractivity contribution in [2.45, 2.75) is 25.3 Å². The molecular formula is C16H17ClN4O2. The predicted octanol–water partition coefficient (Wildman–Crippen LogP) is 2.35. The van der Waals surface area contributed by atoms with Gasteiger partial charge in [0, 0.05) is 38.4 Å². The lowest BCUT2D eigenvalue weighted by atomic mass is 10.0. The summed E-state index contributed by atoms with van der Waals surface area (Å²) < 4.78 is 1.60. The van der Waals surface area contributed by atoms with Crippen LogP contribution in [0.1, 0.15) is 40.1 Å². The van der Waals surface area contributed by atoms with E-state index in [1.807, 2.05) is 0 Å². The monoisotopic (exact) mass is 332 g/mol. The van der Waals surface area contributed by atoms with Gasteiger partial charge in [-0.2, -0.15) is 5.10 Å². The summed E-state index contributed by atoms with van der Waals surface area (Å²) in [4.78, 5) is 30.7. The maximum absolute atomic E-state index is 12.6. The fourth-order valence-corrected chi connectivity index (χ4v) is 2.97. The topological polar surface area (TPSA) is 68.1 Å². The average molecular weight is 333 g/mol. The minimum Gasteiger partial charge on any atom is -0.334 e. The second-order valence-corrected chi connectivity index (χ2v) is 6.12. The molecule has 1 saturated heterocycles. The van der Waals surface area contributed by atoms with E-state index in [0.29, 0.717) is 29.2 Å². The highest BCUT2D eigenvalue weighted by atomic mass is 35.5. The molecule has 1 aliphatic heterocycles. The highest BCUT2D eigenvalue weighted by Crippen LogP contribution is 2.24. The van der Waals surface area contributed by atoms with Gasteiger partial charge in [0.1, 0.15) is 5.69 Å². The number of amides is 1. The van der Waals surface area contributed by atoms with Gasteiger partial charge in [0.05, 0.1) is 16.8 Å². The van der Waals surface area contributed by atoms with E-state index < -0.39 is 0 Å². The predicted molar refractivity (Wildman–Crippen MR) is 85.5 cm³/mol. The molecule has 0 spiro atoms. The van der Waals surface area contributed by atoms with Gasteiger partial charge < -0.3 is 4.90 Å². The first-order valence-electron chi connectivity index (χ1n) is 7.49. The normalized spacial score (nSPS) is 17.5. The molecule has 0 aliphatic carbocycles. The molecule has 2 aromatic heterocycles. The quantitative estimate of drug-likeness (QED) is 0.806. The molecular weight excluding hydrogens is 316 g/mol. The lowest BCUT2D eigenvalue weighted by Gasteiger charge is -2.23. The molecule has 23 heavy (non-hydrogen) atoms. The second kappa shape index (κ2) is 6.50. The SMILES string of the molecule is Cn1cc(C(=O)C[C@@H]2CCCN2C(=O)c2ccc(Cl)cn2)cn1. The van der Waals surface area contributed by atoms with E-state index in [4.69, 9.17) is 11.6 Å². The van der Waals surface area contributed by atoms with Crippen LogP contribution < -0.4 is 0 Å². The van der Waals surface area contributed by atoms with Crippen LogP contribution in [0.3, 0.4) is 0 Å². The molecule has 0 aromatic carbocycles. The van der Waals surface area contributed by atoms with Gasteiger partial charge in [-0.05, 0) is 25.0 Å². The number of hydrogen-bond donors (Lipinski definition) is 0. The van der Waals surface area contributed by atoms with Crippen molar-refractivity contribution in [1.82, 2.24) is 19.7 Å². The number of carbonyl (C=O) groups is 2. The van der Waals surface area contributed by atoms with E-state index in [0.717, 1.165) is 12.8 Å². The highest BCUT2D eigenvalue weighted by molar-refractivity contribution is 6.30. The number of aromatic nitrogens is 3. The van der Waals surface area contributed by atoms with Gasteiger partial charge >= 0.3 is 0 Å². The fraction of sp³-hybridized carbons (Fsp3) is 0.375. The number of hydrogen-bond acceptors (Lipinski definition) is 4. The number of likely N-dealkylation sites (tertiary alicyclic amines) is 1. The molecule has 6 nitrogen and oxygen atoms in total. The molecule has 0 radical (unpaired) electrons. The Morgan fingerprint density at radius 1 is 1.35 bits per heavy atom. The molecule has 0 unspecified atom stereocenters. The van der Waals surface area contributed by atoms with Gasteiger partial charge in [-0.15, -0.1) is 0 Å². The van der Waals surface area contributed by atoms with Gasteiger partial charge in [0.15, 0.2) is 5.78 Å². The molecule has 1 atom stereocenters. The number of pyridine rings is 1. The van der Waals surface area contributed by atoms with Crippen LogP contribution in [0.2, 0.25) is 5.02 Å². The van der Waals surface area contributed by atoms with Crippen LogP contribution in [0.15, 0.2) is 30.7 Å². The van der Waals surface area contributed by atoms with E-state index >= 15 is 0 Å². The van der Waals surface area contributed by atoms with E-state index in [1.165, 1.54) is 6.20 Å². The Hall–Kier alpha value is -2.21. The van der Waals surface area contributed by atoms with Crippen LogP contribution in [0, 0.1) is 0 Å². The molecule has 1 amide bonds. The average Bonchev–Trinajstić information content (AvgIpc) is 3.16. The van der Waals surface area contributed by atoms with Crippen molar-refractivity contribution in [3.8, 4) is 0 Å². The van der Waals surface area contributed by atoms with Crippen molar-refractivity contribution in [2.75, 3.05) is 6.54 Å². The molecule has 120 valence electrons. The maximum atomic E-state index is 12.6. The van der Waals surface area contributed by atoms with Crippen molar-refractivity contribution < 1.29 is 9.59 Å². The van der Waals surface area contributed by atoms with Crippen LogP contribution in [-0.4, -0.2) is 43.9 Å². The maximum Gasteiger partial charge on any atom is 0.272 e. The molecule has 2 aromatic rings. The zero-order valence-electron chi connectivity index (χ0n) is 12.8. The van der Waals surface area contributed by atoms with Gasteiger partial charge in [0.25, 0.3) is 5.91 Å². The number of aryl methyl sites for hydroxylation is 1. The minimum absolute atomic E-state index is 0.00636. The van der Waals surface area contributed by atoms with Crippen LogP contribution in [0.5, 0.6) is 0 Å². The van der Waals surface area contributed by atoms with Gasteiger partial charge in [0.2, 0.25) is 0 Å². The summed E-state index contributed by atoms with van der Waals surface area (Å²) in [6, 6.07) is 3.17. The summed E-state index contributed by atoms with van der Waals surface area (Å²) in [7, 11) is 1.77. The third-order valence-electron chi connectivity index (χ3n) is 4.03. The van der Waals surface area contributed by atoms with E-state index in [1.54, 1.807) is 41.2 Å². The Bertz CT molecular complexity index is 726. The van der Waals surface area contributed by atoms with Crippen molar-refractivity contribution in [2.24, 2.45) is 7.05 Å². The van der Waals surface area contributed by atoms with Crippen LogP contribution in [-0.2, 0) is 7.05 Å². The van der Waals surface area contributed by atoms with Crippen LogP contribution >= 0.6 is 11.6 Å².